The predicted molar refractivity (Wildman–Crippen MR) is 74.8 cm³/mol. The number of nitrogens with one attached hydrogen (secondary N) is 1. The first-order chi connectivity index (χ1) is 8.45. The largest absolute Gasteiger partial charge is 0.393 e. The number of aromatic nitrogens is 1. The van der Waals surface area contributed by atoms with Crippen molar-refractivity contribution in [2.45, 2.75) is 64.0 Å². The molecule has 3 nitrogen and oxygen atoms in total. The fourth-order valence-corrected chi connectivity index (χ4v) is 2.35. The molecule has 18 heavy (non-hydrogen) atoms. The van der Waals surface area contributed by atoms with Crippen LogP contribution in [0.5, 0.6) is 0 Å². The molecule has 1 aromatic rings. The van der Waals surface area contributed by atoms with E-state index in [0.717, 1.165) is 31.5 Å². The molecule has 0 amide bonds. The molecular weight excluding hydrogens is 224 g/mol. The van der Waals surface area contributed by atoms with Crippen LogP contribution in [0.4, 0.5) is 5.82 Å². The molecule has 1 aliphatic carbocycles. The fraction of sp³-hybridized carbons (Fsp3) is 0.667. The predicted octanol–water partition coefficient (Wildman–Crippen LogP) is 3.09. The number of aliphatic hydroxyl groups is 1. The Kier molecular flexibility index (Phi) is 3.91. The number of pyridine rings is 1. The van der Waals surface area contributed by atoms with E-state index in [1.165, 1.54) is 5.56 Å². The highest BCUT2D eigenvalue weighted by atomic mass is 16.3. The Bertz CT molecular complexity index is 372. The monoisotopic (exact) mass is 248 g/mol. The van der Waals surface area contributed by atoms with Crippen molar-refractivity contribution in [2.75, 3.05) is 5.32 Å². The molecule has 3 heteroatoms. The molecular formula is C15H24N2O. The molecule has 1 saturated carbocycles. The molecule has 0 aromatic carbocycles. The van der Waals surface area contributed by atoms with E-state index in [1.807, 2.05) is 6.20 Å². The van der Waals surface area contributed by atoms with Crippen molar-refractivity contribution in [3.63, 3.8) is 0 Å². The van der Waals surface area contributed by atoms with Gasteiger partial charge in [-0.25, -0.2) is 4.98 Å². The molecule has 2 rings (SSSR count). The third-order valence-electron chi connectivity index (χ3n) is 3.68. The van der Waals surface area contributed by atoms with Crippen LogP contribution in [0.15, 0.2) is 18.3 Å². The first-order valence-corrected chi connectivity index (χ1v) is 6.86. The van der Waals surface area contributed by atoms with Crippen molar-refractivity contribution in [3.05, 3.63) is 23.9 Å². The molecule has 100 valence electrons. The van der Waals surface area contributed by atoms with Crippen LogP contribution in [-0.2, 0) is 5.41 Å². The minimum absolute atomic E-state index is 0.0979. The van der Waals surface area contributed by atoms with E-state index in [9.17, 15) is 5.11 Å². The van der Waals surface area contributed by atoms with Gasteiger partial charge >= 0.3 is 0 Å². The molecule has 0 bridgehead atoms. The summed E-state index contributed by atoms with van der Waals surface area (Å²) in [5, 5.41) is 12.9. The zero-order valence-corrected chi connectivity index (χ0v) is 11.6. The molecule has 0 atom stereocenters. The Hall–Kier alpha value is -1.09. The van der Waals surface area contributed by atoms with Gasteiger partial charge in [0.2, 0.25) is 0 Å². The van der Waals surface area contributed by atoms with Gasteiger partial charge in [-0.05, 0) is 42.7 Å². The van der Waals surface area contributed by atoms with Crippen LogP contribution in [-0.4, -0.2) is 22.2 Å². The summed E-state index contributed by atoms with van der Waals surface area (Å²) >= 11 is 0. The first kappa shape index (κ1) is 13.3. The lowest BCUT2D eigenvalue weighted by molar-refractivity contribution is 0.126. The van der Waals surface area contributed by atoms with Gasteiger partial charge in [0, 0.05) is 12.2 Å². The van der Waals surface area contributed by atoms with E-state index < -0.39 is 0 Å². The maximum Gasteiger partial charge on any atom is 0.126 e. The fourth-order valence-electron chi connectivity index (χ4n) is 2.35. The molecule has 0 unspecified atom stereocenters. The summed E-state index contributed by atoms with van der Waals surface area (Å²) in [6, 6.07) is 4.67. The van der Waals surface area contributed by atoms with Crippen molar-refractivity contribution in [2.24, 2.45) is 0 Å². The highest BCUT2D eigenvalue weighted by Crippen LogP contribution is 2.24. The molecule has 0 spiro atoms. The topological polar surface area (TPSA) is 45.1 Å². The molecule has 0 aliphatic heterocycles. The van der Waals surface area contributed by atoms with E-state index in [4.69, 9.17) is 0 Å². The van der Waals surface area contributed by atoms with Gasteiger partial charge in [0.15, 0.2) is 0 Å². The summed E-state index contributed by atoms with van der Waals surface area (Å²) in [7, 11) is 0. The van der Waals surface area contributed by atoms with Gasteiger partial charge in [-0.1, -0.05) is 26.8 Å². The third-order valence-corrected chi connectivity index (χ3v) is 3.68. The Labute approximate surface area is 110 Å². The normalized spacial score (nSPS) is 24.9. The molecule has 1 aliphatic rings. The minimum Gasteiger partial charge on any atom is -0.393 e. The van der Waals surface area contributed by atoms with E-state index in [1.54, 1.807) is 0 Å². The van der Waals surface area contributed by atoms with Crippen LogP contribution in [0.1, 0.15) is 52.0 Å². The number of anilines is 1. The van der Waals surface area contributed by atoms with Gasteiger partial charge in [0.1, 0.15) is 5.82 Å². The van der Waals surface area contributed by atoms with E-state index >= 15 is 0 Å². The third kappa shape index (κ3) is 3.45. The van der Waals surface area contributed by atoms with Crippen molar-refractivity contribution < 1.29 is 5.11 Å². The van der Waals surface area contributed by atoms with E-state index in [0.29, 0.717) is 6.04 Å². The highest BCUT2D eigenvalue weighted by molar-refractivity contribution is 5.38. The van der Waals surface area contributed by atoms with Crippen LogP contribution in [0, 0.1) is 0 Å². The maximum atomic E-state index is 9.48. The smallest absolute Gasteiger partial charge is 0.126 e. The number of nitrogens with zero attached hydrogens (tertiary/aromatic N) is 1. The lowest BCUT2D eigenvalue weighted by Crippen LogP contribution is -2.28. The Morgan fingerprint density at radius 1 is 1.17 bits per heavy atom. The second kappa shape index (κ2) is 5.27. The van der Waals surface area contributed by atoms with Crippen molar-refractivity contribution in [1.29, 1.82) is 0 Å². The van der Waals surface area contributed by atoms with Gasteiger partial charge < -0.3 is 10.4 Å². The Morgan fingerprint density at radius 2 is 1.83 bits per heavy atom. The number of hydrogen-bond acceptors (Lipinski definition) is 3. The molecule has 2 N–H and O–H groups in total. The number of hydrogen-bond donors (Lipinski definition) is 2. The van der Waals surface area contributed by atoms with Crippen LogP contribution < -0.4 is 5.32 Å². The van der Waals surface area contributed by atoms with Crippen molar-refractivity contribution >= 4 is 5.82 Å². The zero-order valence-electron chi connectivity index (χ0n) is 11.6. The molecule has 1 fully saturated rings. The maximum absolute atomic E-state index is 9.48. The van der Waals surface area contributed by atoms with Gasteiger partial charge in [0.25, 0.3) is 0 Å². The summed E-state index contributed by atoms with van der Waals surface area (Å²) in [5.41, 5.74) is 1.41. The second-order valence-corrected chi connectivity index (χ2v) is 6.33. The minimum atomic E-state index is -0.0979. The van der Waals surface area contributed by atoms with Crippen LogP contribution in [0.25, 0.3) is 0 Å². The van der Waals surface area contributed by atoms with Crippen LogP contribution in [0.2, 0.25) is 0 Å². The van der Waals surface area contributed by atoms with Gasteiger partial charge in [-0.3, -0.25) is 0 Å². The second-order valence-electron chi connectivity index (χ2n) is 6.33. The van der Waals surface area contributed by atoms with Gasteiger partial charge in [0.05, 0.1) is 6.10 Å². The average molecular weight is 248 g/mol. The van der Waals surface area contributed by atoms with Crippen LogP contribution in [0.3, 0.4) is 0 Å². The molecule has 0 saturated heterocycles. The molecule has 1 aromatic heterocycles. The summed E-state index contributed by atoms with van der Waals surface area (Å²) in [4.78, 5) is 4.48. The van der Waals surface area contributed by atoms with Gasteiger partial charge in [-0.15, -0.1) is 0 Å². The quantitative estimate of drug-likeness (QED) is 0.845. The molecule has 1 heterocycles. The summed E-state index contributed by atoms with van der Waals surface area (Å²) in [6.45, 7) is 6.58. The Morgan fingerprint density at radius 3 is 2.33 bits per heavy atom. The number of aliphatic hydroxyl groups excluding tert-OH is 1. The zero-order chi connectivity index (χ0) is 13.2. The Balaban J connectivity index is 1.94. The van der Waals surface area contributed by atoms with Crippen LogP contribution >= 0.6 is 0 Å². The molecule has 0 radical (unpaired) electrons. The summed E-state index contributed by atoms with van der Waals surface area (Å²) in [5.74, 6) is 0.949. The number of rotatable bonds is 2. The lowest BCUT2D eigenvalue weighted by Gasteiger charge is -2.27. The van der Waals surface area contributed by atoms with Crippen molar-refractivity contribution in [3.8, 4) is 0 Å². The summed E-state index contributed by atoms with van der Waals surface area (Å²) < 4.78 is 0. The first-order valence-electron chi connectivity index (χ1n) is 6.86. The van der Waals surface area contributed by atoms with Gasteiger partial charge in [-0.2, -0.15) is 0 Å². The SMILES string of the molecule is CC(C)(C)c1ccc(NC2CCC(O)CC2)nc1. The lowest BCUT2D eigenvalue weighted by atomic mass is 9.88. The van der Waals surface area contributed by atoms with E-state index in [-0.39, 0.29) is 11.5 Å². The van der Waals surface area contributed by atoms with Crippen molar-refractivity contribution in [1.82, 2.24) is 4.98 Å². The van der Waals surface area contributed by atoms with E-state index in [2.05, 4.69) is 43.2 Å². The average Bonchev–Trinajstić information content (AvgIpc) is 2.32. The highest BCUT2D eigenvalue weighted by Gasteiger charge is 2.19. The standard InChI is InChI=1S/C15H24N2O/c1-15(2,3)11-4-9-14(16-10-11)17-12-5-7-13(18)8-6-12/h4,9-10,12-13,18H,5-8H2,1-3H3,(H,16,17). The summed E-state index contributed by atoms with van der Waals surface area (Å²) in [6.07, 6.45) is 5.72.